The molecule has 1 atom stereocenters. The number of aliphatic hydroxyl groups is 1. The zero-order valence-corrected chi connectivity index (χ0v) is 7.75. The number of carboxylic acids is 1. The first-order valence-electron chi connectivity index (χ1n) is 3.56. The Bertz CT molecular complexity index is 187. The fraction of sp³-hybridized carbons (Fsp3) is 0.667. The molecule has 0 aromatic heterocycles. The van der Waals surface area contributed by atoms with E-state index < -0.39 is 24.5 Å². The number of nitrogens with one attached hydrogen (secondary N) is 2. The summed E-state index contributed by atoms with van der Waals surface area (Å²) in [6, 6.07) is -0.673. The van der Waals surface area contributed by atoms with E-state index in [9.17, 15) is 9.59 Å². The zero-order valence-electron chi connectivity index (χ0n) is 6.86. The van der Waals surface area contributed by atoms with Gasteiger partial charge in [0.1, 0.15) is 6.54 Å². The van der Waals surface area contributed by atoms with Gasteiger partial charge in [-0.05, 0) is 0 Å². The van der Waals surface area contributed by atoms with Crippen molar-refractivity contribution in [3.63, 3.8) is 0 Å². The number of carbonyl (C=O) groups excluding carboxylic acids is 1. The number of hydrogen-bond acceptors (Lipinski definition) is 5. The van der Waals surface area contributed by atoms with Gasteiger partial charge in [-0.3, -0.25) is 14.9 Å². The van der Waals surface area contributed by atoms with E-state index in [-0.39, 0.29) is 12.5 Å². The molecule has 0 saturated carbocycles. The molecular weight excluding hydrogens is 196 g/mol. The zero-order chi connectivity index (χ0) is 10.3. The van der Waals surface area contributed by atoms with Gasteiger partial charge in [-0.15, -0.1) is 0 Å². The molecule has 4 N–H and O–H groups in total. The molecule has 0 spiro atoms. The lowest BCUT2D eigenvalue weighted by Crippen LogP contribution is -2.47. The maximum Gasteiger partial charge on any atom is 0.322 e. The van der Waals surface area contributed by atoms with Gasteiger partial charge < -0.3 is 15.5 Å². The average Bonchev–Trinajstić information content (AvgIpc) is 2.10. The van der Waals surface area contributed by atoms with Crippen molar-refractivity contribution in [3.8, 4) is 0 Å². The molecule has 6 nitrogen and oxygen atoms in total. The molecule has 0 heterocycles. The third-order valence-corrected chi connectivity index (χ3v) is 1.62. The van der Waals surface area contributed by atoms with Crippen LogP contribution >= 0.6 is 12.6 Å². The van der Waals surface area contributed by atoms with Crippen LogP contribution in [0.3, 0.4) is 0 Å². The molecule has 0 bridgehead atoms. The predicted octanol–water partition coefficient (Wildman–Crippen LogP) is -1.97. The van der Waals surface area contributed by atoms with Crippen LogP contribution in [-0.4, -0.2) is 47.2 Å². The van der Waals surface area contributed by atoms with Gasteiger partial charge in [-0.2, -0.15) is 12.6 Å². The minimum absolute atomic E-state index is 0.187. The fourth-order valence-corrected chi connectivity index (χ4v) is 0.931. The largest absolute Gasteiger partial charge is 0.480 e. The Labute approximate surface area is 80.7 Å². The first-order chi connectivity index (χ1) is 6.11. The third-order valence-electron chi connectivity index (χ3n) is 1.25. The molecule has 0 fully saturated rings. The molecule has 0 aliphatic carbocycles. The topological polar surface area (TPSA) is 98.7 Å². The second-order valence-electron chi connectivity index (χ2n) is 2.21. The summed E-state index contributed by atoms with van der Waals surface area (Å²) in [4.78, 5) is 21.1. The molecule has 13 heavy (non-hydrogen) atoms. The van der Waals surface area contributed by atoms with E-state index in [0.717, 1.165) is 0 Å². The van der Waals surface area contributed by atoms with E-state index in [2.05, 4.69) is 23.3 Å². The summed E-state index contributed by atoms with van der Waals surface area (Å²) < 4.78 is 0. The number of amides is 1. The third kappa shape index (κ3) is 5.45. The van der Waals surface area contributed by atoms with Crippen LogP contribution in [-0.2, 0) is 9.59 Å². The highest BCUT2D eigenvalue weighted by Gasteiger charge is 2.15. The molecule has 0 radical (unpaired) electrons. The van der Waals surface area contributed by atoms with Crippen molar-refractivity contribution < 1.29 is 19.8 Å². The van der Waals surface area contributed by atoms with Crippen LogP contribution in [0.2, 0.25) is 0 Å². The average molecular weight is 208 g/mol. The lowest BCUT2D eigenvalue weighted by Gasteiger charge is -2.13. The molecule has 0 aliphatic rings. The molecule has 0 aromatic rings. The highest BCUT2D eigenvalue weighted by Crippen LogP contribution is 1.87. The Morgan fingerprint density at radius 1 is 1.46 bits per heavy atom. The summed E-state index contributed by atoms with van der Waals surface area (Å²) in [6.45, 7) is -0.790. The van der Waals surface area contributed by atoms with E-state index in [0.29, 0.717) is 0 Å². The SMILES string of the molecule is O=C(O)CNC(=O)[C@H](CS)NCO. The van der Waals surface area contributed by atoms with Gasteiger partial charge >= 0.3 is 5.97 Å². The molecule has 0 rings (SSSR count). The van der Waals surface area contributed by atoms with Crippen LogP contribution in [0, 0.1) is 0 Å². The van der Waals surface area contributed by atoms with Crippen molar-refractivity contribution in [2.75, 3.05) is 19.0 Å². The first kappa shape index (κ1) is 12.2. The summed E-state index contributed by atoms with van der Waals surface area (Å²) in [5.74, 6) is -1.42. The van der Waals surface area contributed by atoms with Crippen LogP contribution < -0.4 is 10.6 Å². The predicted molar refractivity (Wildman–Crippen MR) is 48.5 cm³/mol. The summed E-state index contributed by atoms with van der Waals surface area (Å²) >= 11 is 3.85. The van der Waals surface area contributed by atoms with Gasteiger partial charge in [-0.25, -0.2) is 0 Å². The van der Waals surface area contributed by atoms with Crippen LogP contribution in [0.5, 0.6) is 0 Å². The minimum atomic E-state index is -1.12. The van der Waals surface area contributed by atoms with E-state index in [1.54, 1.807) is 0 Å². The maximum atomic E-state index is 11.1. The van der Waals surface area contributed by atoms with Gasteiger partial charge in [0.25, 0.3) is 0 Å². The van der Waals surface area contributed by atoms with E-state index in [1.807, 2.05) is 0 Å². The molecule has 1 amide bonds. The van der Waals surface area contributed by atoms with Crippen LogP contribution in [0.25, 0.3) is 0 Å². The summed E-state index contributed by atoms with van der Waals surface area (Å²) in [5, 5.41) is 21.3. The van der Waals surface area contributed by atoms with Crippen molar-refractivity contribution >= 4 is 24.5 Å². The summed E-state index contributed by atoms with van der Waals surface area (Å²) in [6.07, 6.45) is 0. The Hall–Kier alpha value is -0.790. The van der Waals surface area contributed by atoms with E-state index in [1.165, 1.54) is 0 Å². The van der Waals surface area contributed by atoms with Crippen molar-refractivity contribution in [3.05, 3.63) is 0 Å². The van der Waals surface area contributed by atoms with Gasteiger partial charge in [0.05, 0.1) is 12.8 Å². The van der Waals surface area contributed by atoms with E-state index >= 15 is 0 Å². The van der Waals surface area contributed by atoms with Crippen LogP contribution in [0.1, 0.15) is 0 Å². The first-order valence-corrected chi connectivity index (χ1v) is 4.19. The number of rotatable bonds is 6. The Kier molecular flexibility index (Phi) is 6.29. The normalized spacial score (nSPS) is 12.2. The van der Waals surface area contributed by atoms with Crippen molar-refractivity contribution in [2.24, 2.45) is 0 Å². The minimum Gasteiger partial charge on any atom is -0.480 e. The number of aliphatic carboxylic acids is 1. The number of aliphatic hydroxyl groups excluding tert-OH is 1. The van der Waals surface area contributed by atoms with Crippen molar-refractivity contribution in [2.45, 2.75) is 6.04 Å². The number of carboxylic acid groups (broad SMARTS) is 1. The molecule has 0 aromatic carbocycles. The molecule has 76 valence electrons. The smallest absolute Gasteiger partial charge is 0.322 e. The van der Waals surface area contributed by atoms with Gasteiger partial charge in [0.15, 0.2) is 0 Å². The molecular formula is C6H12N2O4S. The van der Waals surface area contributed by atoms with Crippen LogP contribution in [0.15, 0.2) is 0 Å². The molecule has 7 heteroatoms. The maximum absolute atomic E-state index is 11.1. The Morgan fingerprint density at radius 3 is 2.46 bits per heavy atom. The number of thiol groups is 1. The fourth-order valence-electron chi connectivity index (χ4n) is 0.636. The number of hydrogen-bond donors (Lipinski definition) is 5. The second-order valence-corrected chi connectivity index (χ2v) is 2.57. The highest BCUT2D eigenvalue weighted by molar-refractivity contribution is 7.80. The van der Waals surface area contributed by atoms with Gasteiger partial charge in [0, 0.05) is 5.75 Å². The van der Waals surface area contributed by atoms with E-state index in [4.69, 9.17) is 10.2 Å². The Morgan fingerprint density at radius 2 is 2.08 bits per heavy atom. The van der Waals surface area contributed by atoms with Gasteiger partial charge in [0.2, 0.25) is 5.91 Å². The van der Waals surface area contributed by atoms with Crippen molar-refractivity contribution in [1.29, 1.82) is 0 Å². The quantitative estimate of drug-likeness (QED) is 0.257. The second kappa shape index (κ2) is 6.70. The molecule has 0 aliphatic heterocycles. The summed E-state index contributed by atoms with van der Waals surface area (Å²) in [7, 11) is 0. The standard InChI is InChI=1S/C6H12N2O4S/c9-3-8-4(2-13)6(12)7-1-5(10)11/h4,8-9,13H,1-3H2,(H,7,12)(H,10,11)/t4-/m0/s1. The Balaban J connectivity index is 3.84. The van der Waals surface area contributed by atoms with Crippen LogP contribution in [0.4, 0.5) is 0 Å². The molecule has 0 saturated heterocycles. The monoisotopic (exact) mass is 208 g/mol. The molecule has 0 unspecified atom stereocenters. The number of carbonyl (C=O) groups is 2. The van der Waals surface area contributed by atoms with Gasteiger partial charge in [-0.1, -0.05) is 0 Å². The van der Waals surface area contributed by atoms with Crippen molar-refractivity contribution in [1.82, 2.24) is 10.6 Å². The summed E-state index contributed by atoms with van der Waals surface area (Å²) in [5.41, 5.74) is 0. The lowest BCUT2D eigenvalue weighted by molar-refractivity contribution is -0.138. The highest BCUT2D eigenvalue weighted by atomic mass is 32.1. The lowest BCUT2D eigenvalue weighted by atomic mass is 10.3.